The Hall–Kier alpha value is -3.52. The number of carbonyl (C=O) groups is 2. The zero-order chi connectivity index (χ0) is 23.5. The molecule has 0 unspecified atom stereocenters. The van der Waals surface area contributed by atoms with Crippen molar-refractivity contribution < 1.29 is 14.7 Å². The van der Waals surface area contributed by atoms with Crippen molar-refractivity contribution in [3.8, 4) is 27.8 Å². The minimum atomic E-state index is -1.01. The Balaban J connectivity index is 1.69. The minimum Gasteiger partial charge on any atom is -0.480 e. The summed E-state index contributed by atoms with van der Waals surface area (Å²) >= 11 is 7.44. The van der Waals surface area contributed by atoms with Crippen LogP contribution in [-0.2, 0) is 4.79 Å². The zero-order valence-electron chi connectivity index (χ0n) is 17.5. The summed E-state index contributed by atoms with van der Waals surface area (Å²) in [6.07, 6.45) is 0. The van der Waals surface area contributed by atoms with E-state index in [0.29, 0.717) is 34.6 Å². The number of nitrogens with zero attached hydrogens (tertiary/aromatic N) is 4. The van der Waals surface area contributed by atoms with Gasteiger partial charge in [-0.2, -0.15) is 5.26 Å². The van der Waals surface area contributed by atoms with Gasteiger partial charge in [0.25, 0.3) is 0 Å². The number of aliphatic carboxylic acids is 1. The van der Waals surface area contributed by atoms with E-state index < -0.39 is 18.0 Å². The maximum Gasteiger partial charge on any atom is 0.323 e. The van der Waals surface area contributed by atoms with Crippen LogP contribution in [-0.4, -0.2) is 57.7 Å². The normalized spacial score (nSPS) is 15.7. The molecule has 1 aromatic carbocycles. The molecule has 168 valence electrons. The summed E-state index contributed by atoms with van der Waals surface area (Å²) in [5.74, 6) is -1.01. The number of carboxylic acid groups (broad SMARTS) is 1. The number of piperazine rings is 1. The Bertz CT molecular complexity index is 1250. The predicted octanol–water partition coefficient (Wildman–Crippen LogP) is 3.60. The summed E-state index contributed by atoms with van der Waals surface area (Å²) < 4.78 is 0. The second kappa shape index (κ2) is 9.54. The molecule has 4 rings (SSSR count). The molecule has 11 heteroatoms. The van der Waals surface area contributed by atoms with E-state index in [2.05, 4.69) is 26.7 Å². The van der Waals surface area contributed by atoms with Gasteiger partial charge in [-0.15, -0.1) is 0 Å². The van der Waals surface area contributed by atoms with Crippen LogP contribution in [0.15, 0.2) is 36.4 Å². The highest BCUT2D eigenvalue weighted by Crippen LogP contribution is 2.40. The van der Waals surface area contributed by atoms with Crippen molar-refractivity contribution in [3.05, 3.63) is 52.8 Å². The molecule has 1 atom stereocenters. The lowest BCUT2D eigenvalue weighted by molar-refractivity contribution is -0.140. The number of halogens is 1. The zero-order valence-corrected chi connectivity index (χ0v) is 19.1. The van der Waals surface area contributed by atoms with Crippen LogP contribution in [0, 0.1) is 18.3 Å². The molecule has 0 saturated carbocycles. The lowest BCUT2D eigenvalue weighted by Gasteiger charge is -2.31. The third-order valence-corrected chi connectivity index (χ3v) is 6.26. The van der Waals surface area contributed by atoms with Crippen LogP contribution in [0.4, 0.5) is 9.93 Å². The fourth-order valence-corrected chi connectivity index (χ4v) is 4.75. The average Bonchev–Trinajstić information content (AvgIpc) is 3.22. The summed E-state index contributed by atoms with van der Waals surface area (Å²) in [7, 11) is 0. The number of thiazole rings is 1. The number of aromatic nitrogens is 2. The lowest BCUT2D eigenvalue weighted by atomic mass is 10.1. The monoisotopic (exact) mass is 482 g/mol. The van der Waals surface area contributed by atoms with Crippen molar-refractivity contribution in [1.29, 1.82) is 5.26 Å². The number of benzene rings is 1. The number of amides is 2. The Morgan fingerprint density at radius 2 is 2.12 bits per heavy atom. The maximum atomic E-state index is 12.8. The first-order valence-corrected chi connectivity index (χ1v) is 11.2. The third-order valence-electron chi connectivity index (χ3n) is 5.05. The number of nitriles is 1. The van der Waals surface area contributed by atoms with E-state index in [4.69, 9.17) is 11.6 Å². The number of carboxylic acids is 1. The lowest BCUT2D eigenvalue weighted by Crippen LogP contribution is -2.56. The Morgan fingerprint density at radius 3 is 2.85 bits per heavy atom. The van der Waals surface area contributed by atoms with E-state index in [9.17, 15) is 20.0 Å². The van der Waals surface area contributed by atoms with Gasteiger partial charge in [0.15, 0.2) is 5.13 Å². The molecule has 3 heterocycles. The number of hydrogen-bond acceptors (Lipinski definition) is 7. The topological polar surface area (TPSA) is 131 Å². The Labute approximate surface area is 198 Å². The van der Waals surface area contributed by atoms with Crippen molar-refractivity contribution in [2.45, 2.75) is 13.0 Å². The molecule has 1 aliphatic rings. The van der Waals surface area contributed by atoms with E-state index in [-0.39, 0.29) is 6.54 Å². The molecule has 1 aliphatic heterocycles. The van der Waals surface area contributed by atoms with Crippen molar-refractivity contribution in [2.24, 2.45) is 0 Å². The first kappa shape index (κ1) is 22.7. The molecule has 3 N–H and O–H groups in total. The molecule has 0 bridgehead atoms. The number of nitrogens with one attached hydrogen (secondary N) is 2. The Morgan fingerprint density at radius 1 is 1.30 bits per heavy atom. The second-order valence-electron chi connectivity index (χ2n) is 7.43. The number of urea groups is 1. The molecular weight excluding hydrogens is 464 g/mol. The first-order valence-electron chi connectivity index (χ1n) is 10.0. The van der Waals surface area contributed by atoms with E-state index in [1.54, 1.807) is 24.3 Å². The standard InChI is InChI=1S/C22H19ClN6O3S/c1-12-7-15(9-17(23)26-12)19-18(14-4-2-3-13(8-14)10-24)27-21(33-19)28-22(32)29-6-5-25-16(11-29)20(30)31/h2-4,7-9,16,25H,5-6,11H2,1H3,(H,30,31)(H,27,28,32)/t16-/m1/s1. The van der Waals surface area contributed by atoms with Gasteiger partial charge in [-0.1, -0.05) is 35.1 Å². The van der Waals surface area contributed by atoms with Gasteiger partial charge in [0.05, 0.1) is 22.2 Å². The Kier molecular flexibility index (Phi) is 6.55. The number of carbonyl (C=O) groups excluding carboxylic acids is 1. The van der Waals surface area contributed by atoms with Crippen molar-refractivity contribution >= 4 is 40.1 Å². The van der Waals surface area contributed by atoms with Gasteiger partial charge < -0.3 is 15.3 Å². The van der Waals surface area contributed by atoms with Crippen LogP contribution in [0.25, 0.3) is 21.7 Å². The molecule has 1 saturated heterocycles. The van der Waals surface area contributed by atoms with Gasteiger partial charge in [-0.05, 0) is 36.8 Å². The quantitative estimate of drug-likeness (QED) is 0.484. The van der Waals surface area contributed by atoms with E-state index in [0.717, 1.165) is 21.7 Å². The highest BCUT2D eigenvalue weighted by Gasteiger charge is 2.28. The molecule has 33 heavy (non-hydrogen) atoms. The summed E-state index contributed by atoms with van der Waals surface area (Å²) in [5, 5.41) is 24.9. The van der Waals surface area contributed by atoms with Crippen LogP contribution in [0.5, 0.6) is 0 Å². The minimum absolute atomic E-state index is 0.0512. The number of pyridine rings is 1. The largest absolute Gasteiger partial charge is 0.480 e. The number of anilines is 1. The third kappa shape index (κ3) is 5.12. The molecule has 2 amide bonds. The molecule has 2 aromatic heterocycles. The predicted molar refractivity (Wildman–Crippen MR) is 125 cm³/mol. The van der Waals surface area contributed by atoms with E-state index >= 15 is 0 Å². The van der Waals surface area contributed by atoms with Crippen molar-refractivity contribution in [2.75, 3.05) is 25.0 Å². The SMILES string of the molecule is Cc1cc(-c2sc(NC(=O)N3CCN[C@@H](C(=O)O)C3)nc2-c2cccc(C#N)c2)cc(Cl)n1. The van der Waals surface area contributed by atoms with Crippen LogP contribution < -0.4 is 10.6 Å². The van der Waals surface area contributed by atoms with Gasteiger partial charge in [-0.25, -0.2) is 14.8 Å². The van der Waals surface area contributed by atoms with Crippen LogP contribution in [0.2, 0.25) is 5.15 Å². The molecule has 0 spiro atoms. The summed E-state index contributed by atoms with van der Waals surface area (Å²) in [6, 6.07) is 11.5. The molecule has 0 radical (unpaired) electrons. The molecule has 1 fully saturated rings. The molecule has 0 aliphatic carbocycles. The summed E-state index contributed by atoms with van der Waals surface area (Å²) in [5.41, 5.74) is 3.32. The molecule has 9 nitrogen and oxygen atoms in total. The second-order valence-corrected chi connectivity index (χ2v) is 8.82. The average molecular weight is 483 g/mol. The van der Waals surface area contributed by atoms with Gasteiger partial charge in [0.2, 0.25) is 0 Å². The number of aryl methyl sites for hydroxylation is 1. The molecular formula is C22H19ClN6O3S. The van der Waals surface area contributed by atoms with Crippen LogP contribution >= 0.6 is 22.9 Å². The van der Waals surface area contributed by atoms with Crippen molar-refractivity contribution in [1.82, 2.24) is 20.2 Å². The van der Waals surface area contributed by atoms with Gasteiger partial charge >= 0.3 is 12.0 Å². The maximum absolute atomic E-state index is 12.8. The summed E-state index contributed by atoms with van der Waals surface area (Å²) in [4.78, 5) is 35.1. The highest BCUT2D eigenvalue weighted by molar-refractivity contribution is 7.19. The van der Waals surface area contributed by atoms with Crippen LogP contribution in [0.3, 0.4) is 0 Å². The van der Waals surface area contributed by atoms with E-state index in [1.165, 1.54) is 16.2 Å². The van der Waals surface area contributed by atoms with Gasteiger partial charge in [0, 0.05) is 30.9 Å². The fourth-order valence-electron chi connectivity index (χ4n) is 3.53. The van der Waals surface area contributed by atoms with Gasteiger partial charge in [-0.3, -0.25) is 10.1 Å². The molecule has 3 aromatic rings. The fraction of sp³-hybridized carbons (Fsp3) is 0.227. The highest BCUT2D eigenvalue weighted by atomic mass is 35.5. The smallest absolute Gasteiger partial charge is 0.323 e. The van der Waals surface area contributed by atoms with Crippen LogP contribution in [0.1, 0.15) is 11.3 Å². The van der Waals surface area contributed by atoms with Crippen molar-refractivity contribution in [3.63, 3.8) is 0 Å². The first-order chi connectivity index (χ1) is 15.8. The van der Waals surface area contributed by atoms with Gasteiger partial charge in [0.1, 0.15) is 11.2 Å². The summed E-state index contributed by atoms with van der Waals surface area (Å²) in [6.45, 7) is 2.65. The number of rotatable bonds is 4. The van der Waals surface area contributed by atoms with E-state index in [1.807, 2.05) is 19.1 Å². The number of hydrogen-bond donors (Lipinski definition) is 3.